The van der Waals surface area contributed by atoms with Gasteiger partial charge in [0.05, 0.1) is 19.3 Å². The molecule has 1 saturated heterocycles. The summed E-state index contributed by atoms with van der Waals surface area (Å²) in [6.07, 6.45) is 0.726. The van der Waals surface area contributed by atoms with E-state index in [-0.39, 0.29) is 31.2 Å². The van der Waals surface area contributed by atoms with Gasteiger partial charge in [-0.05, 0) is 49.2 Å². The second kappa shape index (κ2) is 9.44. The molecule has 0 spiro atoms. The van der Waals surface area contributed by atoms with Crippen LogP contribution in [0.5, 0.6) is 11.5 Å². The summed E-state index contributed by atoms with van der Waals surface area (Å²) in [6, 6.07) is 10.2. The maximum absolute atomic E-state index is 14.9. The first kappa shape index (κ1) is 22.5. The second-order valence-corrected chi connectivity index (χ2v) is 8.27. The van der Waals surface area contributed by atoms with E-state index in [1.165, 1.54) is 11.0 Å². The first-order valence-electron chi connectivity index (χ1n) is 10.8. The molecule has 2 N–H and O–H groups in total. The lowest BCUT2D eigenvalue weighted by atomic mass is 9.90. The third-order valence-electron chi connectivity index (χ3n) is 6.28. The van der Waals surface area contributed by atoms with Crippen LogP contribution in [0.4, 0.5) is 10.1 Å². The van der Waals surface area contributed by atoms with Gasteiger partial charge in [-0.1, -0.05) is 12.1 Å². The van der Waals surface area contributed by atoms with Gasteiger partial charge >= 0.3 is 0 Å². The minimum Gasteiger partial charge on any atom is -0.497 e. The highest BCUT2D eigenvalue weighted by atomic mass is 19.1. The van der Waals surface area contributed by atoms with Crippen molar-refractivity contribution in [2.45, 2.75) is 37.5 Å². The molecule has 2 heterocycles. The molecule has 0 aliphatic carbocycles. The molecule has 0 aromatic heterocycles. The number of carbonyl (C=O) groups excluding carboxylic acids is 1. The number of anilines is 1. The molecule has 0 unspecified atom stereocenters. The molecular formula is C24H29FN2O5. The average Bonchev–Trinajstić information content (AvgIpc) is 2.81. The standard InChI is InChI=1S/C24H29FN2O5/c1-30-17-5-3-16(4-6-17)14-27-22(28)10-7-18-20(9-8-19(25)23(18)27)32-15-24(29)11-12-26-13-21(24)31-2/h3-6,8-9,21,26,29H,7,10-15H2,1-2H3/t21-,24-/m0/s1. The number of nitrogens with zero attached hydrogens (tertiary/aromatic N) is 1. The van der Waals surface area contributed by atoms with Crippen LogP contribution in [0.1, 0.15) is 24.0 Å². The fourth-order valence-corrected chi connectivity index (χ4v) is 4.39. The number of fused-ring (bicyclic) bond motifs is 1. The van der Waals surface area contributed by atoms with Crippen LogP contribution in [-0.2, 0) is 22.5 Å². The molecule has 7 nitrogen and oxygen atoms in total. The van der Waals surface area contributed by atoms with Crippen LogP contribution in [0.2, 0.25) is 0 Å². The number of benzene rings is 2. The molecular weight excluding hydrogens is 415 g/mol. The Morgan fingerprint density at radius 3 is 2.69 bits per heavy atom. The van der Waals surface area contributed by atoms with Crippen LogP contribution in [0.15, 0.2) is 36.4 Å². The van der Waals surface area contributed by atoms with Crippen molar-refractivity contribution < 1.29 is 28.5 Å². The third-order valence-corrected chi connectivity index (χ3v) is 6.28. The Morgan fingerprint density at radius 2 is 1.97 bits per heavy atom. The minimum absolute atomic E-state index is 0.0255. The number of hydrogen-bond acceptors (Lipinski definition) is 6. The van der Waals surface area contributed by atoms with Crippen molar-refractivity contribution in [3.63, 3.8) is 0 Å². The van der Waals surface area contributed by atoms with Gasteiger partial charge in [0.25, 0.3) is 0 Å². The van der Waals surface area contributed by atoms with Crippen molar-refractivity contribution in [1.29, 1.82) is 0 Å². The van der Waals surface area contributed by atoms with Gasteiger partial charge in [-0.25, -0.2) is 4.39 Å². The lowest BCUT2D eigenvalue weighted by Gasteiger charge is -2.39. The van der Waals surface area contributed by atoms with Gasteiger partial charge in [-0.3, -0.25) is 4.79 Å². The molecule has 2 aromatic rings. The number of nitrogens with one attached hydrogen (secondary N) is 1. The van der Waals surface area contributed by atoms with Crippen molar-refractivity contribution in [2.75, 3.05) is 38.8 Å². The Morgan fingerprint density at radius 1 is 1.19 bits per heavy atom. The number of rotatable bonds is 7. The summed E-state index contributed by atoms with van der Waals surface area (Å²) in [5.41, 5.74) is 0.610. The quantitative estimate of drug-likeness (QED) is 0.683. The van der Waals surface area contributed by atoms with Crippen LogP contribution in [-0.4, -0.2) is 56.6 Å². The fraction of sp³-hybridized carbons (Fsp3) is 0.458. The normalized spacial score (nSPS) is 23.1. The van der Waals surface area contributed by atoms with E-state index in [2.05, 4.69) is 5.32 Å². The van der Waals surface area contributed by atoms with Crippen LogP contribution in [0.3, 0.4) is 0 Å². The van der Waals surface area contributed by atoms with Crippen molar-refractivity contribution in [3.05, 3.63) is 53.3 Å². The van der Waals surface area contributed by atoms with Gasteiger partial charge in [0.15, 0.2) is 0 Å². The molecule has 2 aromatic carbocycles. The predicted molar refractivity (Wildman–Crippen MR) is 118 cm³/mol. The molecule has 1 amide bonds. The molecule has 2 atom stereocenters. The number of methoxy groups -OCH3 is 2. The molecule has 0 saturated carbocycles. The van der Waals surface area contributed by atoms with Gasteiger partial charge in [0.2, 0.25) is 5.91 Å². The zero-order valence-electron chi connectivity index (χ0n) is 18.4. The average molecular weight is 445 g/mol. The van der Waals surface area contributed by atoms with E-state index in [1.54, 1.807) is 20.3 Å². The largest absolute Gasteiger partial charge is 0.497 e. The van der Waals surface area contributed by atoms with Gasteiger partial charge in [-0.15, -0.1) is 0 Å². The summed E-state index contributed by atoms with van der Waals surface area (Å²) in [4.78, 5) is 14.2. The SMILES string of the molecule is COc1ccc(CN2C(=O)CCc3c(OC[C@@]4(O)CCNC[C@@H]4OC)ccc(F)c32)cc1. The molecule has 2 aliphatic rings. The molecule has 1 fully saturated rings. The predicted octanol–water partition coefficient (Wildman–Crippen LogP) is 2.43. The first-order chi connectivity index (χ1) is 15.4. The van der Waals surface area contributed by atoms with Crippen LogP contribution < -0.4 is 19.7 Å². The second-order valence-electron chi connectivity index (χ2n) is 8.27. The summed E-state index contributed by atoms with van der Waals surface area (Å²) in [5.74, 6) is 0.590. The van der Waals surface area contributed by atoms with Crippen LogP contribution in [0.25, 0.3) is 0 Å². The lowest BCUT2D eigenvalue weighted by Crippen LogP contribution is -2.58. The van der Waals surface area contributed by atoms with Gasteiger partial charge in [-0.2, -0.15) is 0 Å². The number of ether oxygens (including phenoxy) is 3. The molecule has 8 heteroatoms. The van der Waals surface area contributed by atoms with E-state index < -0.39 is 17.5 Å². The van der Waals surface area contributed by atoms with Gasteiger partial charge < -0.3 is 29.5 Å². The summed E-state index contributed by atoms with van der Waals surface area (Å²) >= 11 is 0. The third kappa shape index (κ3) is 4.44. The van der Waals surface area contributed by atoms with E-state index >= 15 is 0 Å². The Bertz CT molecular complexity index is 968. The van der Waals surface area contributed by atoms with Crippen molar-refractivity contribution in [3.8, 4) is 11.5 Å². The Hall–Kier alpha value is -2.68. The molecule has 172 valence electrons. The first-order valence-corrected chi connectivity index (χ1v) is 10.8. The van der Waals surface area contributed by atoms with E-state index in [9.17, 15) is 14.3 Å². The van der Waals surface area contributed by atoms with Crippen molar-refractivity contribution >= 4 is 11.6 Å². The lowest BCUT2D eigenvalue weighted by molar-refractivity contribution is -0.128. The summed E-state index contributed by atoms with van der Waals surface area (Å²) in [6.45, 7) is 1.46. The van der Waals surface area contributed by atoms with Gasteiger partial charge in [0.1, 0.15) is 35.6 Å². The molecule has 0 radical (unpaired) electrons. The minimum atomic E-state index is -1.14. The Kier molecular flexibility index (Phi) is 6.64. The van der Waals surface area contributed by atoms with E-state index in [0.29, 0.717) is 43.0 Å². The summed E-state index contributed by atoms with van der Waals surface area (Å²) < 4.78 is 31.6. The summed E-state index contributed by atoms with van der Waals surface area (Å²) in [5, 5.41) is 14.2. The highest BCUT2D eigenvalue weighted by Crippen LogP contribution is 2.38. The maximum Gasteiger partial charge on any atom is 0.227 e. The number of halogens is 1. The number of amides is 1. The monoisotopic (exact) mass is 444 g/mol. The van der Waals surface area contributed by atoms with E-state index in [1.807, 2.05) is 24.3 Å². The number of hydrogen-bond donors (Lipinski definition) is 2. The molecule has 4 rings (SSSR count). The highest BCUT2D eigenvalue weighted by Gasteiger charge is 2.40. The van der Waals surface area contributed by atoms with E-state index in [0.717, 1.165) is 5.56 Å². The molecule has 32 heavy (non-hydrogen) atoms. The van der Waals surface area contributed by atoms with E-state index in [4.69, 9.17) is 14.2 Å². The van der Waals surface area contributed by atoms with Crippen LogP contribution in [0, 0.1) is 5.82 Å². The number of aliphatic hydroxyl groups is 1. The highest BCUT2D eigenvalue weighted by molar-refractivity contribution is 5.97. The topological polar surface area (TPSA) is 80.3 Å². The Balaban J connectivity index is 1.59. The molecule has 0 bridgehead atoms. The smallest absolute Gasteiger partial charge is 0.227 e. The molecule has 2 aliphatic heterocycles. The van der Waals surface area contributed by atoms with Crippen molar-refractivity contribution in [2.24, 2.45) is 0 Å². The number of piperidine rings is 1. The maximum atomic E-state index is 14.9. The fourth-order valence-electron chi connectivity index (χ4n) is 4.39. The summed E-state index contributed by atoms with van der Waals surface area (Å²) in [7, 11) is 3.15. The van der Waals surface area contributed by atoms with Gasteiger partial charge in [0, 0.05) is 25.6 Å². The zero-order valence-corrected chi connectivity index (χ0v) is 18.4. The zero-order chi connectivity index (χ0) is 22.7. The Labute approximate surface area is 187 Å². The van der Waals surface area contributed by atoms with Crippen LogP contribution >= 0.6 is 0 Å². The van der Waals surface area contributed by atoms with Crippen molar-refractivity contribution in [1.82, 2.24) is 5.32 Å². The number of carbonyl (C=O) groups is 1.